The topological polar surface area (TPSA) is 68.5 Å². The molecule has 0 saturated heterocycles. The van der Waals surface area contributed by atoms with Crippen LogP contribution in [0.3, 0.4) is 0 Å². The van der Waals surface area contributed by atoms with E-state index in [4.69, 9.17) is 9.15 Å². The lowest BCUT2D eigenvalue weighted by atomic mass is 9.92. The Kier molecular flexibility index (Phi) is 4.49. The summed E-state index contributed by atoms with van der Waals surface area (Å²) in [6.07, 6.45) is 0.271. The highest BCUT2D eigenvalue weighted by Gasteiger charge is 2.18. The normalized spacial score (nSPS) is 11.6. The number of rotatable bonds is 4. The molecular formula is C20H21NO4. The summed E-state index contributed by atoms with van der Waals surface area (Å²) < 4.78 is 10.8. The standard InChI is InChI=1S/C20H21NO4/c1-20(2,3)11-19(23)24-12-18(22)21-13-8-9-17-15(10-13)14-6-4-5-7-16(14)25-17/h4-10H,11-12H2,1-3H3,(H,21,22). The molecule has 0 bridgehead atoms. The maximum atomic E-state index is 12.0. The lowest BCUT2D eigenvalue weighted by Gasteiger charge is -2.16. The number of ether oxygens (including phenoxy) is 1. The van der Waals surface area contributed by atoms with Crippen molar-refractivity contribution in [3.8, 4) is 0 Å². The van der Waals surface area contributed by atoms with Gasteiger partial charge in [-0.15, -0.1) is 0 Å². The van der Waals surface area contributed by atoms with Crippen LogP contribution < -0.4 is 5.32 Å². The highest BCUT2D eigenvalue weighted by atomic mass is 16.5. The molecule has 2 aromatic carbocycles. The monoisotopic (exact) mass is 339 g/mol. The van der Waals surface area contributed by atoms with Gasteiger partial charge >= 0.3 is 5.97 Å². The Labute approximate surface area is 145 Å². The van der Waals surface area contributed by atoms with Crippen LogP contribution in [0.4, 0.5) is 5.69 Å². The van der Waals surface area contributed by atoms with Crippen molar-refractivity contribution in [2.24, 2.45) is 5.41 Å². The molecule has 0 aliphatic rings. The summed E-state index contributed by atoms with van der Waals surface area (Å²) in [5, 5.41) is 4.67. The number of fused-ring (bicyclic) bond motifs is 3. The number of carbonyl (C=O) groups excluding carboxylic acids is 2. The zero-order valence-electron chi connectivity index (χ0n) is 14.6. The maximum Gasteiger partial charge on any atom is 0.306 e. The highest BCUT2D eigenvalue weighted by molar-refractivity contribution is 6.07. The van der Waals surface area contributed by atoms with E-state index in [2.05, 4.69) is 5.32 Å². The van der Waals surface area contributed by atoms with Gasteiger partial charge in [-0.05, 0) is 29.7 Å². The number of anilines is 1. The van der Waals surface area contributed by atoms with Gasteiger partial charge in [-0.25, -0.2) is 0 Å². The van der Waals surface area contributed by atoms with E-state index in [1.807, 2.05) is 57.2 Å². The van der Waals surface area contributed by atoms with Gasteiger partial charge in [0.15, 0.2) is 6.61 Å². The van der Waals surface area contributed by atoms with Crippen LogP contribution in [0.15, 0.2) is 46.9 Å². The van der Waals surface area contributed by atoms with Gasteiger partial charge in [0.2, 0.25) is 0 Å². The molecule has 5 nitrogen and oxygen atoms in total. The maximum absolute atomic E-state index is 12.0. The SMILES string of the molecule is CC(C)(C)CC(=O)OCC(=O)Nc1ccc2oc3ccccc3c2c1. The smallest absolute Gasteiger partial charge is 0.306 e. The van der Waals surface area contributed by atoms with Crippen LogP contribution in [-0.4, -0.2) is 18.5 Å². The average Bonchev–Trinajstić information content (AvgIpc) is 2.89. The fourth-order valence-electron chi connectivity index (χ4n) is 2.63. The molecule has 0 unspecified atom stereocenters. The zero-order valence-corrected chi connectivity index (χ0v) is 14.6. The molecule has 1 amide bonds. The molecule has 5 heteroatoms. The molecule has 0 atom stereocenters. The summed E-state index contributed by atoms with van der Waals surface area (Å²) in [5.74, 6) is -0.742. The molecule has 0 aliphatic heterocycles. The Morgan fingerprint density at radius 2 is 1.76 bits per heavy atom. The molecule has 0 saturated carbocycles. The van der Waals surface area contributed by atoms with Crippen molar-refractivity contribution in [2.45, 2.75) is 27.2 Å². The zero-order chi connectivity index (χ0) is 18.0. The molecule has 0 fully saturated rings. The summed E-state index contributed by atoms with van der Waals surface area (Å²) in [6.45, 7) is 5.54. The molecule has 0 spiro atoms. The van der Waals surface area contributed by atoms with Crippen LogP contribution >= 0.6 is 0 Å². The number of nitrogens with one attached hydrogen (secondary N) is 1. The molecule has 0 aliphatic carbocycles. The first kappa shape index (κ1) is 17.0. The number of carbonyl (C=O) groups is 2. The fourth-order valence-corrected chi connectivity index (χ4v) is 2.63. The van der Waals surface area contributed by atoms with Crippen molar-refractivity contribution >= 4 is 39.5 Å². The van der Waals surface area contributed by atoms with Crippen LogP contribution in [0.1, 0.15) is 27.2 Å². The molecule has 130 valence electrons. The molecule has 1 N–H and O–H groups in total. The molecule has 3 aromatic rings. The van der Waals surface area contributed by atoms with E-state index in [0.29, 0.717) is 5.69 Å². The van der Waals surface area contributed by atoms with Crippen molar-refractivity contribution in [2.75, 3.05) is 11.9 Å². The number of benzene rings is 2. The minimum atomic E-state index is -0.376. The fraction of sp³-hybridized carbons (Fsp3) is 0.300. The van der Waals surface area contributed by atoms with Gasteiger partial charge in [-0.3, -0.25) is 9.59 Å². The van der Waals surface area contributed by atoms with E-state index in [1.165, 1.54) is 0 Å². The van der Waals surface area contributed by atoms with Crippen molar-refractivity contribution in [3.63, 3.8) is 0 Å². The Morgan fingerprint density at radius 1 is 1.04 bits per heavy atom. The summed E-state index contributed by atoms with van der Waals surface area (Å²) in [5.41, 5.74) is 2.03. The van der Waals surface area contributed by atoms with E-state index >= 15 is 0 Å². The summed E-state index contributed by atoms with van der Waals surface area (Å²) >= 11 is 0. The van der Waals surface area contributed by atoms with Gasteiger partial charge in [0.1, 0.15) is 11.2 Å². The summed E-state index contributed by atoms with van der Waals surface area (Å²) in [6, 6.07) is 13.2. The van der Waals surface area contributed by atoms with Gasteiger partial charge in [0.05, 0.1) is 6.42 Å². The number of furan rings is 1. The van der Waals surface area contributed by atoms with E-state index in [1.54, 1.807) is 6.07 Å². The first-order chi connectivity index (χ1) is 11.8. The number of para-hydroxylation sites is 1. The van der Waals surface area contributed by atoms with E-state index in [0.717, 1.165) is 21.9 Å². The first-order valence-electron chi connectivity index (χ1n) is 8.19. The third-order valence-electron chi connectivity index (χ3n) is 3.70. The second kappa shape index (κ2) is 6.59. The molecular weight excluding hydrogens is 318 g/mol. The van der Waals surface area contributed by atoms with Crippen LogP contribution in [0.5, 0.6) is 0 Å². The Balaban J connectivity index is 1.67. The molecule has 1 heterocycles. The number of esters is 1. The van der Waals surface area contributed by atoms with Gasteiger partial charge in [-0.2, -0.15) is 0 Å². The van der Waals surface area contributed by atoms with Gasteiger partial charge in [0, 0.05) is 16.5 Å². The van der Waals surface area contributed by atoms with Crippen LogP contribution in [0.2, 0.25) is 0 Å². The number of amides is 1. The van der Waals surface area contributed by atoms with Gasteiger partial charge < -0.3 is 14.5 Å². The number of hydrogen-bond acceptors (Lipinski definition) is 4. The summed E-state index contributed by atoms with van der Waals surface area (Å²) in [7, 11) is 0. The van der Waals surface area contributed by atoms with Gasteiger partial charge in [-0.1, -0.05) is 39.0 Å². The third kappa shape index (κ3) is 4.18. The largest absolute Gasteiger partial charge is 0.456 e. The predicted molar refractivity (Wildman–Crippen MR) is 97.4 cm³/mol. The minimum Gasteiger partial charge on any atom is -0.456 e. The predicted octanol–water partition coefficient (Wildman–Crippen LogP) is 4.50. The lowest BCUT2D eigenvalue weighted by molar-refractivity contribution is -0.149. The first-order valence-corrected chi connectivity index (χ1v) is 8.19. The van der Waals surface area contributed by atoms with Crippen molar-refractivity contribution in [3.05, 3.63) is 42.5 Å². The Hall–Kier alpha value is -2.82. The third-order valence-corrected chi connectivity index (χ3v) is 3.70. The van der Waals surface area contributed by atoms with Crippen molar-refractivity contribution in [1.29, 1.82) is 0 Å². The minimum absolute atomic E-state index is 0.166. The van der Waals surface area contributed by atoms with E-state index < -0.39 is 0 Å². The molecule has 25 heavy (non-hydrogen) atoms. The van der Waals surface area contributed by atoms with Crippen molar-refractivity contribution in [1.82, 2.24) is 0 Å². The average molecular weight is 339 g/mol. The van der Waals surface area contributed by atoms with E-state index in [-0.39, 0.29) is 30.3 Å². The number of hydrogen-bond donors (Lipinski definition) is 1. The van der Waals surface area contributed by atoms with E-state index in [9.17, 15) is 9.59 Å². The Bertz CT molecular complexity index is 934. The molecule has 0 radical (unpaired) electrons. The van der Waals surface area contributed by atoms with Crippen LogP contribution in [0.25, 0.3) is 21.9 Å². The van der Waals surface area contributed by atoms with Crippen molar-refractivity contribution < 1.29 is 18.7 Å². The second-order valence-electron chi connectivity index (χ2n) is 7.26. The Morgan fingerprint density at radius 3 is 2.52 bits per heavy atom. The van der Waals surface area contributed by atoms with Crippen LogP contribution in [0, 0.1) is 5.41 Å². The molecule has 3 rings (SSSR count). The van der Waals surface area contributed by atoms with Gasteiger partial charge in [0.25, 0.3) is 5.91 Å². The van der Waals surface area contributed by atoms with Crippen LogP contribution in [-0.2, 0) is 14.3 Å². The highest BCUT2D eigenvalue weighted by Crippen LogP contribution is 2.30. The molecule has 1 aromatic heterocycles. The quantitative estimate of drug-likeness (QED) is 0.710. The summed E-state index contributed by atoms with van der Waals surface area (Å²) in [4.78, 5) is 23.7. The second-order valence-corrected chi connectivity index (χ2v) is 7.26. The lowest BCUT2D eigenvalue weighted by Crippen LogP contribution is -2.23.